The van der Waals surface area contributed by atoms with Crippen LogP contribution < -0.4 is 5.32 Å². The van der Waals surface area contributed by atoms with Crippen molar-refractivity contribution < 1.29 is 14.2 Å². The van der Waals surface area contributed by atoms with Gasteiger partial charge in [-0.15, -0.1) is 0 Å². The molecule has 31 heavy (non-hydrogen) atoms. The van der Waals surface area contributed by atoms with Crippen LogP contribution in [0.1, 0.15) is 39.2 Å². The second-order valence-electron chi connectivity index (χ2n) is 8.41. The minimum Gasteiger partial charge on any atom is -0.445 e. The fraction of sp³-hybridized carbons (Fsp3) is 0.476. The van der Waals surface area contributed by atoms with Gasteiger partial charge in [0, 0.05) is 12.4 Å². The monoisotopic (exact) mass is 692 g/mol. The van der Waals surface area contributed by atoms with E-state index in [2.05, 4.69) is 26.6 Å². The van der Waals surface area contributed by atoms with E-state index in [1.807, 2.05) is 19.9 Å². The molecule has 0 amide bonds. The number of nitrogens with one attached hydrogen (secondary N) is 1. The maximum atomic E-state index is 14.7. The number of hydrogen-bond donors (Lipinski definition) is 2. The van der Waals surface area contributed by atoms with E-state index in [0.29, 0.717) is 34.2 Å². The van der Waals surface area contributed by atoms with Gasteiger partial charge in [-0.05, 0) is 50.3 Å². The van der Waals surface area contributed by atoms with Crippen LogP contribution in [0.15, 0.2) is 18.3 Å². The molecule has 2 fully saturated rings. The van der Waals surface area contributed by atoms with Gasteiger partial charge in [-0.3, -0.25) is 0 Å². The summed E-state index contributed by atoms with van der Waals surface area (Å²) in [7, 11) is 0. The van der Waals surface area contributed by atoms with Crippen LogP contribution in [0.3, 0.4) is 0 Å². The van der Waals surface area contributed by atoms with Crippen LogP contribution in [0.25, 0.3) is 22.3 Å². The van der Waals surface area contributed by atoms with E-state index in [0.717, 1.165) is 12.8 Å². The van der Waals surface area contributed by atoms with Gasteiger partial charge in [0.2, 0.25) is 5.95 Å². The molecule has 7 nitrogen and oxygen atoms in total. The van der Waals surface area contributed by atoms with Crippen molar-refractivity contribution in [3.63, 3.8) is 0 Å². The van der Waals surface area contributed by atoms with Crippen molar-refractivity contribution in [2.24, 2.45) is 0 Å². The largest absolute Gasteiger partial charge is 0.445 e. The number of aliphatic hydroxyl groups excluding tert-OH is 1. The first-order valence-electron chi connectivity index (χ1n) is 10.1. The van der Waals surface area contributed by atoms with E-state index in [-0.39, 0.29) is 29.8 Å². The van der Waals surface area contributed by atoms with Crippen molar-refractivity contribution in [3.05, 3.63) is 35.5 Å². The summed E-state index contributed by atoms with van der Waals surface area (Å²) in [4.78, 5) is 12.9. The molecule has 10 heteroatoms. The third-order valence-corrected chi connectivity index (χ3v) is 6.12. The molecule has 2 aromatic heterocycles. The zero-order valence-electron chi connectivity index (χ0n) is 17.0. The Bertz CT molecular complexity index is 1120. The summed E-state index contributed by atoms with van der Waals surface area (Å²) < 4.78 is 22.2. The Labute approximate surface area is 178 Å². The molecule has 1 aromatic carbocycles. The zero-order valence-corrected chi connectivity index (χ0v) is 19.9. The molecule has 1 spiro atoms. The van der Waals surface area contributed by atoms with Crippen LogP contribution in [0, 0.1) is 12.1 Å². The van der Waals surface area contributed by atoms with Crippen LogP contribution in [0.2, 0.25) is 5.02 Å². The van der Waals surface area contributed by atoms with Crippen LogP contribution in [0.5, 0.6) is 0 Å². The number of rotatable bonds is 4. The first kappa shape index (κ1) is 21.0. The van der Waals surface area contributed by atoms with E-state index in [1.54, 1.807) is 4.57 Å². The normalized spacial score (nSPS) is 22.0. The zero-order chi connectivity index (χ0) is 21.0. The van der Waals surface area contributed by atoms with Crippen molar-refractivity contribution in [2.45, 2.75) is 56.9 Å². The number of aromatic nitrogens is 4. The molecule has 1 radical (unpaired) electrons. The van der Waals surface area contributed by atoms with Crippen LogP contribution >= 0.6 is 11.6 Å². The van der Waals surface area contributed by atoms with Crippen LogP contribution in [-0.4, -0.2) is 49.0 Å². The van der Waals surface area contributed by atoms with E-state index >= 15 is 0 Å². The first-order valence-corrected chi connectivity index (χ1v) is 10.4. The number of hydrogen-bond acceptors (Lipinski definition) is 6. The summed E-state index contributed by atoms with van der Waals surface area (Å²) in [6, 6.07) is 3.04. The molecule has 2 N–H and O–H groups in total. The molecule has 5 rings (SSSR count). The van der Waals surface area contributed by atoms with Gasteiger partial charge in [-0.25, -0.2) is 14.4 Å². The first-order chi connectivity index (χ1) is 14.3. The molecule has 3 heterocycles. The standard InChI is InChI=1S/C21H22ClFN5O2.Lr/c1-11(2)28-10-25-19-14(23)5-12(6-16(19)28)18-13(22)8-24-20(27-18)26-15-7-21(3-4-21)30-9-17(15)29;/h5-6,8,11,15,17,29H,3-4,7,9H2,1-2H3,(H,24,26,27);/q-1;/t15-,17?;/m1./s1. The van der Waals surface area contributed by atoms with E-state index < -0.39 is 11.9 Å². The molecule has 2 atom stereocenters. The van der Waals surface area contributed by atoms with Crippen molar-refractivity contribution in [3.8, 4) is 11.3 Å². The Hall–Kier alpha value is -3.29. The topological polar surface area (TPSA) is 85.1 Å². The van der Waals surface area contributed by atoms with Gasteiger partial charge in [0.15, 0.2) is 0 Å². The summed E-state index contributed by atoms with van der Waals surface area (Å²) in [5.41, 5.74) is 1.70. The molecule has 3 aromatic rings. The number of anilines is 1. The van der Waals surface area contributed by atoms with Gasteiger partial charge in [0.05, 0.1) is 47.1 Å². The predicted molar refractivity (Wildman–Crippen MR) is 111 cm³/mol. The molecule has 0 bridgehead atoms. The molecule has 1 aliphatic heterocycles. The molecule has 173 valence electrons. The molecule has 1 saturated carbocycles. The maximum Gasteiger partial charge on any atom is 0.223 e. The van der Waals surface area contributed by atoms with Crippen LogP contribution in [0.4, 0.5) is 10.3 Å². The number of imidazole rings is 1. The Kier molecular flexibility index (Phi) is 5.03. The molecular formula is C21H22ClFLrN5O2-. The number of fused-ring (bicyclic) bond motifs is 1. The SMILES string of the molecule is CC(C)n1[c-]nc2c(F)cc(-c3nc(N[C@@H]4CC5(CC5)OCC4O)ncc3Cl)cc21.[Lr]. The molecule has 2 aliphatic rings. The maximum absolute atomic E-state index is 14.7. The van der Waals surface area contributed by atoms with Gasteiger partial charge in [0.25, 0.3) is 0 Å². The number of halogens is 2. The minimum atomic E-state index is -0.649. The fourth-order valence-corrected chi connectivity index (χ4v) is 4.18. The molecular weight excluding hydrogens is 671 g/mol. The average Bonchev–Trinajstić information content (AvgIpc) is 3.31. The summed E-state index contributed by atoms with van der Waals surface area (Å²) in [6.45, 7) is 4.25. The van der Waals surface area contributed by atoms with Gasteiger partial charge < -0.3 is 24.7 Å². The van der Waals surface area contributed by atoms with Gasteiger partial charge in [-0.1, -0.05) is 23.2 Å². The Balaban J connectivity index is 0.00000231. The Morgan fingerprint density at radius 1 is 1.39 bits per heavy atom. The van der Waals surface area contributed by atoms with Gasteiger partial charge >= 0.3 is 0 Å². The smallest absolute Gasteiger partial charge is 0.223 e. The summed E-state index contributed by atoms with van der Waals surface area (Å²) in [5.74, 6) is -0.126. The third-order valence-electron chi connectivity index (χ3n) is 5.85. The minimum absolute atomic E-state index is 0. The number of aliphatic hydroxyl groups is 1. The average molecular weight is 693 g/mol. The Morgan fingerprint density at radius 2 is 2.16 bits per heavy atom. The van der Waals surface area contributed by atoms with Crippen molar-refractivity contribution in [1.29, 1.82) is 0 Å². The van der Waals surface area contributed by atoms with E-state index in [1.165, 1.54) is 12.3 Å². The third kappa shape index (κ3) is 3.66. The number of nitrogens with zero attached hydrogens (tertiary/aromatic N) is 4. The predicted octanol–water partition coefficient (Wildman–Crippen LogP) is 3.76. The summed E-state index contributed by atoms with van der Waals surface area (Å²) >= 11 is 6.36. The molecule has 1 unspecified atom stereocenters. The van der Waals surface area contributed by atoms with E-state index in [4.69, 9.17) is 16.3 Å². The quantitative estimate of drug-likeness (QED) is 0.406. The molecule has 1 saturated heterocycles. The van der Waals surface area contributed by atoms with Crippen molar-refractivity contribution in [1.82, 2.24) is 19.5 Å². The van der Waals surface area contributed by atoms with Crippen molar-refractivity contribution in [2.75, 3.05) is 11.9 Å². The van der Waals surface area contributed by atoms with Gasteiger partial charge in [0.1, 0.15) is 0 Å². The summed E-state index contributed by atoms with van der Waals surface area (Å²) in [6.07, 6.45) is 6.38. The van der Waals surface area contributed by atoms with Crippen molar-refractivity contribution >= 4 is 28.6 Å². The van der Waals surface area contributed by atoms with Gasteiger partial charge in [-0.2, -0.15) is 0 Å². The number of benzene rings is 1. The molecule has 1 aliphatic carbocycles. The fourth-order valence-electron chi connectivity index (χ4n) is 3.98. The second kappa shape index (κ2) is 7.44. The van der Waals surface area contributed by atoms with Crippen LogP contribution in [-0.2, 0) is 4.74 Å². The summed E-state index contributed by atoms with van der Waals surface area (Å²) in [5, 5.41) is 13.8. The van der Waals surface area contributed by atoms with E-state index in [9.17, 15) is 9.50 Å². The second-order valence-corrected chi connectivity index (χ2v) is 8.82. The Morgan fingerprint density at radius 3 is 2.87 bits per heavy atom. The number of ether oxygens (including phenoxy) is 1.